The quantitative estimate of drug-likeness (QED) is 0.728. The molecule has 1 fully saturated rings. The molecule has 0 spiro atoms. The fourth-order valence-electron chi connectivity index (χ4n) is 4.04. The first-order valence-corrected chi connectivity index (χ1v) is 9.91. The molecule has 1 saturated heterocycles. The van der Waals surface area contributed by atoms with Crippen molar-refractivity contribution in [2.24, 2.45) is 7.05 Å². The lowest BCUT2D eigenvalue weighted by molar-refractivity contribution is 0.200. The molecule has 2 amide bonds. The van der Waals surface area contributed by atoms with E-state index in [0.717, 1.165) is 11.9 Å². The van der Waals surface area contributed by atoms with E-state index in [4.69, 9.17) is 0 Å². The van der Waals surface area contributed by atoms with Gasteiger partial charge in [0.05, 0.1) is 5.69 Å². The van der Waals surface area contributed by atoms with Crippen molar-refractivity contribution in [3.63, 3.8) is 0 Å². The molecule has 1 unspecified atom stereocenters. The third kappa shape index (κ3) is 3.70. The highest BCUT2D eigenvalue weighted by Crippen LogP contribution is 2.24. The number of aryl methyl sites for hydroxylation is 2. The van der Waals surface area contributed by atoms with Crippen molar-refractivity contribution < 1.29 is 4.79 Å². The van der Waals surface area contributed by atoms with Gasteiger partial charge in [-0.1, -0.05) is 30.3 Å². The number of carbonyl (C=O) groups excluding carboxylic acids is 1. The van der Waals surface area contributed by atoms with Crippen LogP contribution in [-0.4, -0.2) is 41.2 Å². The number of rotatable bonds is 2. The molecule has 0 aliphatic carbocycles. The molecular formula is C23H26N4O2. The van der Waals surface area contributed by atoms with Gasteiger partial charge in [-0.3, -0.25) is 4.79 Å². The van der Waals surface area contributed by atoms with E-state index in [9.17, 15) is 9.59 Å². The number of piperazine rings is 1. The Morgan fingerprint density at radius 1 is 1.07 bits per heavy atom. The van der Waals surface area contributed by atoms with Crippen LogP contribution in [0.15, 0.2) is 59.5 Å². The summed E-state index contributed by atoms with van der Waals surface area (Å²) in [6.07, 6.45) is 1.69. The summed E-state index contributed by atoms with van der Waals surface area (Å²) in [5, 5.41) is 4.38. The van der Waals surface area contributed by atoms with Gasteiger partial charge in [-0.25, -0.2) is 4.79 Å². The maximum atomic E-state index is 13.0. The molecule has 1 aliphatic heterocycles. The van der Waals surface area contributed by atoms with Crippen molar-refractivity contribution in [1.29, 1.82) is 0 Å². The van der Waals surface area contributed by atoms with Gasteiger partial charge in [0.15, 0.2) is 0 Å². The zero-order chi connectivity index (χ0) is 20.5. The lowest BCUT2D eigenvalue weighted by Gasteiger charge is -2.41. The number of anilines is 2. The zero-order valence-corrected chi connectivity index (χ0v) is 17.1. The van der Waals surface area contributed by atoms with Crippen molar-refractivity contribution in [2.75, 3.05) is 29.9 Å². The summed E-state index contributed by atoms with van der Waals surface area (Å²) in [5.41, 5.74) is 3.01. The van der Waals surface area contributed by atoms with E-state index in [-0.39, 0.29) is 17.6 Å². The monoisotopic (exact) mass is 390 g/mol. The van der Waals surface area contributed by atoms with Gasteiger partial charge in [-0.05, 0) is 37.6 Å². The fourth-order valence-corrected chi connectivity index (χ4v) is 4.04. The molecule has 1 N–H and O–H groups in total. The van der Waals surface area contributed by atoms with E-state index in [1.54, 1.807) is 19.3 Å². The highest BCUT2D eigenvalue weighted by Gasteiger charge is 2.27. The van der Waals surface area contributed by atoms with Crippen LogP contribution in [0, 0.1) is 6.92 Å². The number of hydrogen-bond donors (Lipinski definition) is 1. The van der Waals surface area contributed by atoms with Crippen molar-refractivity contribution in [3.8, 4) is 0 Å². The number of aromatic nitrogens is 1. The standard InChI is InChI=1S/C23H26N4O2/c1-16-7-6-8-18(13-16)27-12-11-26(14-17(27)2)23(29)24-21-15-25(3)22(28)20-10-5-4-9-19(20)21/h4-10,13,15,17H,11-12,14H2,1-3H3,(H,24,29). The predicted octanol–water partition coefficient (Wildman–Crippen LogP) is 3.59. The molecule has 0 radical (unpaired) electrons. The highest BCUT2D eigenvalue weighted by molar-refractivity contribution is 6.01. The molecule has 3 aromatic rings. The fraction of sp³-hybridized carbons (Fsp3) is 0.304. The second-order valence-corrected chi connectivity index (χ2v) is 7.76. The van der Waals surface area contributed by atoms with E-state index in [0.29, 0.717) is 24.2 Å². The van der Waals surface area contributed by atoms with Crippen molar-refractivity contribution >= 4 is 28.2 Å². The number of amides is 2. The number of pyridine rings is 1. The number of carbonyl (C=O) groups is 1. The van der Waals surface area contributed by atoms with Crippen molar-refractivity contribution in [3.05, 3.63) is 70.6 Å². The molecular weight excluding hydrogens is 364 g/mol. The smallest absolute Gasteiger partial charge is 0.322 e. The summed E-state index contributed by atoms with van der Waals surface area (Å²) in [5.74, 6) is 0. The second kappa shape index (κ2) is 7.62. The molecule has 29 heavy (non-hydrogen) atoms. The average molecular weight is 390 g/mol. The van der Waals surface area contributed by atoms with Crippen molar-refractivity contribution in [1.82, 2.24) is 9.47 Å². The third-order valence-corrected chi connectivity index (χ3v) is 5.58. The Morgan fingerprint density at radius 3 is 2.55 bits per heavy atom. The second-order valence-electron chi connectivity index (χ2n) is 7.76. The normalized spacial score (nSPS) is 16.9. The molecule has 4 rings (SSSR count). The zero-order valence-electron chi connectivity index (χ0n) is 17.1. The summed E-state index contributed by atoms with van der Waals surface area (Å²) in [6.45, 7) is 6.31. The van der Waals surface area contributed by atoms with Gasteiger partial charge in [-0.15, -0.1) is 0 Å². The Bertz CT molecular complexity index is 1120. The van der Waals surface area contributed by atoms with E-state index in [2.05, 4.69) is 48.3 Å². The molecule has 1 aliphatic rings. The number of hydrogen-bond acceptors (Lipinski definition) is 3. The van der Waals surface area contributed by atoms with Crippen LogP contribution in [0.1, 0.15) is 12.5 Å². The van der Waals surface area contributed by atoms with Crippen LogP contribution >= 0.6 is 0 Å². The number of nitrogens with one attached hydrogen (secondary N) is 1. The Kier molecular flexibility index (Phi) is 5.01. The summed E-state index contributed by atoms with van der Waals surface area (Å²) in [4.78, 5) is 29.5. The lowest BCUT2D eigenvalue weighted by Crippen LogP contribution is -2.54. The van der Waals surface area contributed by atoms with Crippen LogP contribution in [0.3, 0.4) is 0 Å². The molecule has 0 saturated carbocycles. The van der Waals surface area contributed by atoms with Crippen molar-refractivity contribution in [2.45, 2.75) is 19.9 Å². The molecule has 1 atom stereocenters. The minimum absolute atomic E-state index is 0.0704. The van der Waals surface area contributed by atoms with Crippen LogP contribution in [0.2, 0.25) is 0 Å². The maximum absolute atomic E-state index is 13.0. The van der Waals surface area contributed by atoms with Gasteiger partial charge in [0.1, 0.15) is 0 Å². The lowest BCUT2D eigenvalue weighted by atomic mass is 10.1. The SMILES string of the molecule is Cc1cccc(N2CCN(C(=O)Nc3cn(C)c(=O)c4ccccc34)CC2C)c1. The summed E-state index contributed by atoms with van der Waals surface area (Å²) in [6, 6.07) is 15.9. The summed E-state index contributed by atoms with van der Waals surface area (Å²) in [7, 11) is 1.70. The average Bonchev–Trinajstić information content (AvgIpc) is 2.71. The number of fused-ring (bicyclic) bond motifs is 1. The van der Waals surface area contributed by atoms with Gasteiger partial charge in [0.2, 0.25) is 0 Å². The number of benzene rings is 2. The minimum atomic E-state index is -0.135. The van der Waals surface area contributed by atoms with E-state index in [1.807, 2.05) is 23.1 Å². The molecule has 6 nitrogen and oxygen atoms in total. The van der Waals surface area contributed by atoms with Crippen LogP contribution in [0.4, 0.5) is 16.2 Å². The topological polar surface area (TPSA) is 57.6 Å². The van der Waals surface area contributed by atoms with Crippen LogP contribution < -0.4 is 15.8 Å². The first-order chi connectivity index (χ1) is 13.9. The summed E-state index contributed by atoms with van der Waals surface area (Å²) >= 11 is 0. The third-order valence-electron chi connectivity index (χ3n) is 5.58. The van der Waals surface area contributed by atoms with Gasteiger partial charge in [0, 0.05) is 55.4 Å². The first-order valence-electron chi connectivity index (χ1n) is 9.91. The highest BCUT2D eigenvalue weighted by atomic mass is 16.2. The molecule has 150 valence electrons. The van der Waals surface area contributed by atoms with Crippen LogP contribution in [-0.2, 0) is 7.05 Å². The van der Waals surface area contributed by atoms with Gasteiger partial charge in [0.25, 0.3) is 5.56 Å². The molecule has 1 aromatic heterocycles. The van der Waals surface area contributed by atoms with E-state index >= 15 is 0 Å². The minimum Gasteiger partial charge on any atom is -0.365 e. The Labute approximate surface area is 170 Å². The number of nitrogens with zero attached hydrogens (tertiary/aromatic N) is 3. The van der Waals surface area contributed by atoms with E-state index in [1.165, 1.54) is 15.8 Å². The maximum Gasteiger partial charge on any atom is 0.322 e. The largest absolute Gasteiger partial charge is 0.365 e. The molecule has 0 bridgehead atoms. The first kappa shape index (κ1) is 19.1. The van der Waals surface area contributed by atoms with Gasteiger partial charge < -0.3 is 19.7 Å². The molecule has 6 heteroatoms. The van der Waals surface area contributed by atoms with Crippen LogP contribution in [0.25, 0.3) is 10.8 Å². The van der Waals surface area contributed by atoms with Gasteiger partial charge >= 0.3 is 6.03 Å². The number of urea groups is 1. The van der Waals surface area contributed by atoms with Gasteiger partial charge in [-0.2, -0.15) is 0 Å². The Balaban J connectivity index is 1.52. The Morgan fingerprint density at radius 2 is 1.83 bits per heavy atom. The molecule has 2 heterocycles. The Hall–Kier alpha value is -3.28. The van der Waals surface area contributed by atoms with Crippen LogP contribution in [0.5, 0.6) is 0 Å². The summed E-state index contributed by atoms with van der Waals surface area (Å²) < 4.78 is 1.51. The van der Waals surface area contributed by atoms with E-state index < -0.39 is 0 Å². The predicted molar refractivity (Wildman–Crippen MR) is 118 cm³/mol. The molecule has 2 aromatic carbocycles.